The summed E-state index contributed by atoms with van der Waals surface area (Å²) in [7, 11) is 0. The lowest BCUT2D eigenvalue weighted by molar-refractivity contribution is 0.611. The normalized spacial score (nSPS) is 9.53. The second-order valence-electron chi connectivity index (χ2n) is 2.74. The fourth-order valence-corrected chi connectivity index (χ4v) is 1.19. The molecule has 0 aliphatic rings. The van der Waals surface area contributed by atoms with Gasteiger partial charge in [0.25, 0.3) is 6.01 Å². The van der Waals surface area contributed by atoms with Crippen LogP contribution >= 0.6 is 0 Å². The zero-order valence-corrected chi connectivity index (χ0v) is 8.79. The molecule has 15 heavy (non-hydrogen) atoms. The lowest BCUT2D eigenvalue weighted by Crippen LogP contribution is -1.95. The van der Waals surface area contributed by atoms with Crippen LogP contribution in [0.4, 0.5) is 11.7 Å². The number of rotatable bonds is 2. The number of oxazole rings is 1. The highest BCUT2D eigenvalue weighted by Crippen LogP contribution is 2.11. The van der Waals surface area contributed by atoms with Gasteiger partial charge in [0.2, 0.25) is 16.3 Å². The Balaban J connectivity index is 2.15. The molecule has 0 aromatic carbocycles. The van der Waals surface area contributed by atoms with Crippen LogP contribution in [0.5, 0.6) is 0 Å². The van der Waals surface area contributed by atoms with Crippen LogP contribution in [-0.4, -0.2) is 26.3 Å². The van der Waals surface area contributed by atoms with Crippen LogP contribution in [0.1, 0.15) is 5.69 Å². The van der Waals surface area contributed by atoms with Gasteiger partial charge in [0.1, 0.15) is 11.8 Å². The van der Waals surface area contributed by atoms with Gasteiger partial charge >= 0.3 is 0 Å². The van der Waals surface area contributed by atoms with Crippen LogP contribution in [0.25, 0.3) is 0 Å². The first-order chi connectivity index (χ1) is 7.28. The molecular formula is C9H5AlN4O. The molecule has 0 bridgehead atoms. The van der Waals surface area contributed by atoms with E-state index < -0.39 is 0 Å². The van der Waals surface area contributed by atoms with Gasteiger partial charge in [-0.1, -0.05) is 0 Å². The van der Waals surface area contributed by atoms with Crippen molar-refractivity contribution < 1.29 is 4.42 Å². The molecule has 0 fully saturated rings. The largest absolute Gasteiger partial charge is 0.451 e. The Hall–Kier alpha value is -1.82. The average molecular weight is 212 g/mol. The first-order valence-electron chi connectivity index (χ1n) is 4.12. The molecule has 2 rings (SSSR count). The molecule has 0 saturated heterocycles. The molecule has 0 aliphatic heterocycles. The molecule has 70 valence electrons. The summed E-state index contributed by atoms with van der Waals surface area (Å²) in [5.41, 5.74) is 1.10. The number of hydrogen-bond donors (Lipinski definition) is 1. The molecule has 0 unspecified atom stereocenters. The highest BCUT2D eigenvalue weighted by molar-refractivity contribution is 6.29. The minimum absolute atomic E-state index is 0.375. The van der Waals surface area contributed by atoms with E-state index in [0.717, 1.165) is 5.69 Å². The van der Waals surface area contributed by atoms with E-state index in [1.54, 1.807) is 24.5 Å². The summed E-state index contributed by atoms with van der Waals surface area (Å²) in [6.45, 7) is 0. The molecule has 2 radical (unpaired) electrons. The highest BCUT2D eigenvalue weighted by Gasteiger charge is 2.00. The Bertz CT molecular complexity index is 500. The van der Waals surface area contributed by atoms with Crippen molar-refractivity contribution in [3.05, 3.63) is 30.2 Å². The third-order valence-corrected chi connectivity index (χ3v) is 1.92. The molecule has 0 atom stereocenters. The van der Waals surface area contributed by atoms with Gasteiger partial charge in [-0.05, 0) is 12.1 Å². The maximum Gasteiger partial charge on any atom is 0.297 e. The fraction of sp³-hybridized carbons (Fsp3) is 0. The summed E-state index contributed by atoms with van der Waals surface area (Å²) in [5, 5.41) is 11.5. The Morgan fingerprint density at radius 1 is 1.33 bits per heavy atom. The summed E-state index contributed by atoms with van der Waals surface area (Å²) in [5.74, 6) is 0. The Kier molecular flexibility index (Phi) is 2.68. The molecule has 0 spiro atoms. The van der Waals surface area contributed by atoms with Gasteiger partial charge < -0.3 is 9.73 Å². The smallest absolute Gasteiger partial charge is 0.297 e. The summed E-state index contributed by atoms with van der Waals surface area (Å²) < 4.78 is 5.84. The van der Waals surface area contributed by atoms with Gasteiger partial charge in [-0.2, -0.15) is 5.26 Å². The number of anilines is 2. The zero-order valence-electron chi connectivity index (χ0n) is 7.64. The third kappa shape index (κ3) is 2.35. The topological polar surface area (TPSA) is 74.7 Å². The molecule has 6 heteroatoms. The monoisotopic (exact) mass is 212 g/mol. The highest BCUT2D eigenvalue weighted by atomic mass is 27.0. The number of aromatic nitrogens is 2. The maximum atomic E-state index is 8.56. The van der Waals surface area contributed by atoms with E-state index in [4.69, 9.17) is 9.68 Å². The van der Waals surface area contributed by atoms with Crippen molar-refractivity contribution in [1.82, 2.24) is 9.97 Å². The number of nitriles is 1. The number of pyridine rings is 1. The van der Waals surface area contributed by atoms with Crippen molar-refractivity contribution in [1.29, 1.82) is 5.26 Å². The SMILES string of the molecule is N#Cc1ccc(Nc2nc[c]([Al])o2)cn1. The number of hydrogen-bond acceptors (Lipinski definition) is 5. The van der Waals surface area contributed by atoms with Gasteiger partial charge in [-0.25, -0.2) is 9.97 Å². The lowest BCUT2D eigenvalue weighted by Gasteiger charge is -1.99. The number of nitrogens with one attached hydrogen (secondary N) is 1. The van der Waals surface area contributed by atoms with Crippen LogP contribution in [0.15, 0.2) is 28.9 Å². The van der Waals surface area contributed by atoms with Gasteiger partial charge in [0.05, 0.1) is 11.9 Å². The van der Waals surface area contributed by atoms with Gasteiger partial charge in [0, 0.05) is 10.8 Å². The van der Waals surface area contributed by atoms with Crippen LogP contribution in [-0.2, 0) is 0 Å². The second-order valence-corrected chi connectivity index (χ2v) is 3.31. The summed E-state index contributed by atoms with van der Waals surface area (Å²) in [6.07, 6.45) is 3.13. The average Bonchev–Trinajstić information content (AvgIpc) is 2.65. The van der Waals surface area contributed by atoms with E-state index in [2.05, 4.69) is 31.6 Å². The Labute approximate surface area is 94.2 Å². The Morgan fingerprint density at radius 2 is 2.20 bits per heavy atom. The van der Waals surface area contributed by atoms with Crippen molar-refractivity contribution in [3.8, 4) is 6.07 Å². The molecule has 0 aliphatic carbocycles. The predicted octanol–water partition coefficient (Wildman–Crippen LogP) is 0.479. The van der Waals surface area contributed by atoms with E-state index >= 15 is 0 Å². The molecule has 5 nitrogen and oxygen atoms in total. The molecule has 2 heterocycles. The van der Waals surface area contributed by atoms with Crippen molar-refractivity contribution in [2.75, 3.05) is 5.32 Å². The second kappa shape index (κ2) is 4.14. The van der Waals surface area contributed by atoms with Crippen LogP contribution < -0.4 is 9.94 Å². The number of nitrogens with zero attached hydrogens (tertiary/aromatic N) is 3. The van der Waals surface area contributed by atoms with E-state index in [1.807, 2.05) is 6.07 Å². The Morgan fingerprint density at radius 3 is 2.73 bits per heavy atom. The van der Waals surface area contributed by atoms with E-state index in [0.29, 0.717) is 16.3 Å². The summed E-state index contributed by atoms with van der Waals surface area (Å²) >= 11 is 2.40. The van der Waals surface area contributed by atoms with Crippen LogP contribution in [0.2, 0.25) is 0 Å². The van der Waals surface area contributed by atoms with Crippen LogP contribution in [0.3, 0.4) is 0 Å². The minimum atomic E-state index is 0.375. The van der Waals surface area contributed by atoms with Crippen molar-refractivity contribution >= 4 is 32.6 Å². The zero-order chi connectivity index (χ0) is 10.7. The van der Waals surface area contributed by atoms with Crippen molar-refractivity contribution in [3.63, 3.8) is 0 Å². The maximum absolute atomic E-state index is 8.56. The molecule has 0 saturated carbocycles. The standard InChI is InChI=1S/C9H5N4O.Al/c10-5-7-1-2-8(6-12-7)13-9-11-3-4-14-9;/h1-3,6H,(H,11,13);. The van der Waals surface area contributed by atoms with Crippen molar-refractivity contribution in [2.45, 2.75) is 0 Å². The van der Waals surface area contributed by atoms with Crippen molar-refractivity contribution in [2.24, 2.45) is 0 Å². The first kappa shape index (κ1) is 9.73. The lowest BCUT2D eigenvalue weighted by atomic mass is 10.3. The molecule has 0 amide bonds. The quantitative estimate of drug-likeness (QED) is 0.732. The molecular weight excluding hydrogens is 207 g/mol. The molecule has 2 aromatic heterocycles. The van der Waals surface area contributed by atoms with Crippen LogP contribution in [0, 0.1) is 11.3 Å². The first-order valence-corrected chi connectivity index (χ1v) is 4.70. The predicted molar refractivity (Wildman–Crippen MR) is 54.1 cm³/mol. The van der Waals surface area contributed by atoms with Gasteiger partial charge in [0.15, 0.2) is 0 Å². The van der Waals surface area contributed by atoms with Gasteiger partial charge in [-0.3, -0.25) is 0 Å². The molecule has 1 N–H and O–H groups in total. The summed E-state index contributed by atoms with van der Waals surface area (Å²) in [4.78, 5) is 7.86. The van der Waals surface area contributed by atoms with E-state index in [-0.39, 0.29) is 0 Å². The van der Waals surface area contributed by atoms with Gasteiger partial charge in [-0.15, -0.1) is 0 Å². The van der Waals surface area contributed by atoms with E-state index in [9.17, 15) is 0 Å². The molecule has 2 aromatic rings. The fourth-order valence-electron chi connectivity index (χ4n) is 1.00. The summed E-state index contributed by atoms with van der Waals surface area (Å²) in [6, 6.07) is 5.69. The van der Waals surface area contributed by atoms with E-state index in [1.165, 1.54) is 0 Å². The minimum Gasteiger partial charge on any atom is -0.451 e. The third-order valence-electron chi connectivity index (χ3n) is 1.65.